The van der Waals surface area contributed by atoms with E-state index in [0.29, 0.717) is 16.3 Å². The first-order chi connectivity index (χ1) is 15.0. The van der Waals surface area contributed by atoms with Crippen molar-refractivity contribution in [3.05, 3.63) is 76.5 Å². The molecule has 1 aromatic heterocycles. The second-order valence-electron chi connectivity index (χ2n) is 8.90. The molecule has 0 saturated carbocycles. The van der Waals surface area contributed by atoms with Crippen molar-refractivity contribution in [2.45, 2.75) is 51.9 Å². The minimum Gasteiger partial charge on any atom is -0.588 e. The van der Waals surface area contributed by atoms with Crippen LogP contribution < -0.4 is 15.2 Å². The molecule has 168 valence electrons. The van der Waals surface area contributed by atoms with Crippen molar-refractivity contribution in [2.75, 3.05) is 5.73 Å². The van der Waals surface area contributed by atoms with Gasteiger partial charge in [-0.15, -0.1) is 0 Å². The molecule has 6 nitrogen and oxygen atoms in total. The Morgan fingerprint density at radius 3 is 2.31 bits per heavy atom. The maximum absolute atomic E-state index is 13.1. The van der Waals surface area contributed by atoms with E-state index < -0.39 is 17.3 Å². The molecule has 0 bridgehead atoms. The molecule has 3 rings (SSSR count). The number of carbonyl (C=O) groups is 1. The Kier molecular flexibility index (Phi) is 6.81. The summed E-state index contributed by atoms with van der Waals surface area (Å²) in [5, 5.41) is 0. The fourth-order valence-corrected chi connectivity index (χ4v) is 4.20. The van der Waals surface area contributed by atoms with Crippen molar-refractivity contribution in [1.82, 2.24) is 9.71 Å². The van der Waals surface area contributed by atoms with Gasteiger partial charge in [0.05, 0.1) is 0 Å². The quantitative estimate of drug-likeness (QED) is 0.414. The summed E-state index contributed by atoms with van der Waals surface area (Å²) < 4.78 is 21.4. The van der Waals surface area contributed by atoms with Gasteiger partial charge >= 0.3 is 0 Å². The number of rotatable bonds is 5. The summed E-state index contributed by atoms with van der Waals surface area (Å²) in [6.07, 6.45) is 0. The molecule has 1 amide bonds. The van der Waals surface area contributed by atoms with Gasteiger partial charge < -0.3 is 15.0 Å². The van der Waals surface area contributed by atoms with Crippen LogP contribution >= 0.6 is 0 Å². The number of aryl methyl sites for hydroxylation is 3. The van der Waals surface area contributed by atoms with Crippen LogP contribution in [0, 0.1) is 20.8 Å². The molecule has 0 fully saturated rings. The lowest BCUT2D eigenvalue weighted by molar-refractivity contribution is 0.0978. The van der Waals surface area contributed by atoms with Crippen LogP contribution in [0.15, 0.2) is 53.4 Å². The normalized spacial score (nSPS) is 12.3. The second kappa shape index (κ2) is 9.22. The molecule has 1 unspecified atom stereocenters. The van der Waals surface area contributed by atoms with E-state index >= 15 is 0 Å². The summed E-state index contributed by atoms with van der Waals surface area (Å²) in [7, 11) is 0. The Labute approximate surface area is 192 Å². The van der Waals surface area contributed by atoms with Crippen LogP contribution in [0.3, 0.4) is 0 Å². The van der Waals surface area contributed by atoms with Crippen LogP contribution in [0.25, 0.3) is 0 Å². The third-order valence-electron chi connectivity index (χ3n) is 4.93. The van der Waals surface area contributed by atoms with Gasteiger partial charge in [0.2, 0.25) is 5.88 Å². The summed E-state index contributed by atoms with van der Waals surface area (Å²) in [6.45, 7) is 12.0. The van der Waals surface area contributed by atoms with E-state index in [-0.39, 0.29) is 16.9 Å². The number of nitrogens with two attached hydrogens (primary N) is 1. The molecule has 0 aliphatic heterocycles. The predicted octanol–water partition coefficient (Wildman–Crippen LogP) is 5.13. The lowest BCUT2D eigenvalue weighted by Gasteiger charge is -2.21. The number of carbonyl (C=O) groups excluding carboxylic acids is 1. The number of nitrogens with one attached hydrogen (secondary N) is 1. The number of hydrogen-bond acceptors (Lipinski definition) is 5. The van der Waals surface area contributed by atoms with Gasteiger partial charge in [-0.05, 0) is 56.2 Å². The molecule has 0 saturated heterocycles. The maximum Gasteiger partial charge on any atom is 0.297 e. The molecule has 0 aliphatic rings. The minimum atomic E-state index is -1.78. The summed E-state index contributed by atoms with van der Waals surface area (Å²) in [6, 6.07) is 14.1. The zero-order chi connectivity index (χ0) is 23.6. The number of amides is 1. The first-order valence-corrected chi connectivity index (χ1v) is 11.5. The molecular formula is C25H29N3O3S. The highest BCUT2D eigenvalue weighted by Crippen LogP contribution is 2.33. The number of nitrogen functional groups attached to an aromatic ring is 1. The molecule has 1 heterocycles. The first kappa shape index (κ1) is 23.6. The number of anilines is 1. The average molecular weight is 452 g/mol. The Morgan fingerprint density at radius 2 is 1.72 bits per heavy atom. The third kappa shape index (κ3) is 5.41. The summed E-state index contributed by atoms with van der Waals surface area (Å²) >= 11 is -1.78. The summed E-state index contributed by atoms with van der Waals surface area (Å²) in [5.41, 5.74) is 9.99. The number of pyridine rings is 1. The lowest BCUT2D eigenvalue weighted by Crippen LogP contribution is -2.31. The van der Waals surface area contributed by atoms with E-state index in [9.17, 15) is 9.35 Å². The Balaban J connectivity index is 1.99. The monoisotopic (exact) mass is 451 g/mol. The third-order valence-corrected chi connectivity index (χ3v) is 5.99. The highest BCUT2D eigenvalue weighted by molar-refractivity contribution is 7.90. The Bertz CT molecular complexity index is 1130. The number of hydrogen-bond donors (Lipinski definition) is 2. The lowest BCUT2D eigenvalue weighted by atomic mass is 9.91. The molecule has 7 heteroatoms. The highest BCUT2D eigenvalue weighted by atomic mass is 32.2. The number of ether oxygens (including phenoxy) is 1. The molecule has 1 atom stereocenters. The standard InChI is InChI=1S/C25H29N3O3S/c1-15-12-16(2)22(17(3)13-15)31-24-20(10-11-21(27-24)25(4,5)6)23(29)28-32(30)19-9-7-8-18(26)14-19/h7-14H,26H2,1-6H3,(H,28,29). The number of aromatic nitrogens is 1. The summed E-state index contributed by atoms with van der Waals surface area (Å²) in [4.78, 5) is 18.1. The van der Waals surface area contributed by atoms with Gasteiger partial charge in [0.25, 0.3) is 5.91 Å². The van der Waals surface area contributed by atoms with E-state index in [2.05, 4.69) is 9.71 Å². The zero-order valence-corrected chi connectivity index (χ0v) is 20.1. The van der Waals surface area contributed by atoms with Crippen molar-refractivity contribution in [3.8, 4) is 11.6 Å². The van der Waals surface area contributed by atoms with Crippen LogP contribution in [-0.4, -0.2) is 15.4 Å². The van der Waals surface area contributed by atoms with Crippen LogP contribution in [-0.2, 0) is 16.8 Å². The predicted molar refractivity (Wildman–Crippen MR) is 128 cm³/mol. The van der Waals surface area contributed by atoms with Gasteiger partial charge in [-0.2, -0.15) is 4.72 Å². The molecular weight excluding hydrogens is 422 g/mol. The van der Waals surface area contributed by atoms with Crippen LogP contribution in [0.2, 0.25) is 0 Å². The van der Waals surface area contributed by atoms with E-state index in [0.717, 1.165) is 22.4 Å². The van der Waals surface area contributed by atoms with Gasteiger partial charge in [0.15, 0.2) is 4.90 Å². The molecule has 0 spiro atoms. The fourth-order valence-electron chi connectivity index (χ4n) is 3.36. The van der Waals surface area contributed by atoms with Crippen molar-refractivity contribution in [2.24, 2.45) is 0 Å². The van der Waals surface area contributed by atoms with Gasteiger partial charge in [-0.1, -0.05) is 44.5 Å². The van der Waals surface area contributed by atoms with Crippen molar-refractivity contribution in [3.63, 3.8) is 0 Å². The molecule has 3 N–H and O–H groups in total. The fraction of sp³-hybridized carbons (Fsp3) is 0.280. The van der Waals surface area contributed by atoms with Crippen molar-refractivity contribution >= 4 is 23.0 Å². The van der Waals surface area contributed by atoms with Gasteiger partial charge in [0.1, 0.15) is 22.7 Å². The SMILES string of the molecule is Cc1cc(C)c(Oc2nc(C(C)(C)C)ccc2C(=O)N[S+]([O-])c2cccc(N)c2)c(C)c1. The topological polar surface area (TPSA) is 100 Å². The van der Waals surface area contributed by atoms with E-state index in [4.69, 9.17) is 10.5 Å². The smallest absolute Gasteiger partial charge is 0.297 e. The molecule has 2 aromatic carbocycles. The van der Waals surface area contributed by atoms with Gasteiger partial charge in [0, 0.05) is 22.9 Å². The molecule has 3 aromatic rings. The van der Waals surface area contributed by atoms with Gasteiger partial charge in [-0.25, -0.2) is 4.98 Å². The average Bonchev–Trinajstić information content (AvgIpc) is 2.69. The van der Waals surface area contributed by atoms with E-state index in [1.807, 2.05) is 53.7 Å². The van der Waals surface area contributed by atoms with Crippen molar-refractivity contribution in [1.29, 1.82) is 0 Å². The molecule has 32 heavy (non-hydrogen) atoms. The maximum atomic E-state index is 13.1. The number of benzene rings is 2. The summed E-state index contributed by atoms with van der Waals surface area (Å²) in [5.74, 6) is 0.283. The first-order valence-electron chi connectivity index (χ1n) is 10.3. The molecule has 0 aliphatic carbocycles. The number of nitrogens with zero attached hydrogens (tertiary/aromatic N) is 1. The van der Waals surface area contributed by atoms with Crippen molar-refractivity contribution < 1.29 is 14.1 Å². The van der Waals surface area contributed by atoms with E-state index in [1.165, 1.54) is 0 Å². The van der Waals surface area contributed by atoms with Crippen LogP contribution in [0.5, 0.6) is 11.6 Å². The van der Waals surface area contributed by atoms with Gasteiger partial charge in [-0.3, -0.25) is 4.79 Å². The minimum absolute atomic E-state index is 0.176. The van der Waals surface area contributed by atoms with Crippen LogP contribution in [0.4, 0.5) is 5.69 Å². The van der Waals surface area contributed by atoms with E-state index in [1.54, 1.807) is 36.4 Å². The second-order valence-corrected chi connectivity index (χ2v) is 10.1. The zero-order valence-electron chi connectivity index (χ0n) is 19.3. The Morgan fingerprint density at radius 1 is 1.06 bits per heavy atom. The highest BCUT2D eigenvalue weighted by Gasteiger charge is 2.25. The molecule has 0 radical (unpaired) electrons. The van der Waals surface area contributed by atoms with Crippen LogP contribution in [0.1, 0.15) is 53.5 Å². The Hall–Kier alpha value is -3.03. The largest absolute Gasteiger partial charge is 0.588 e.